The maximum atomic E-state index is 14.0. The molecule has 2 aromatic heterocycles. The van der Waals surface area contributed by atoms with Gasteiger partial charge in [-0.1, -0.05) is 30.3 Å². The zero-order valence-corrected chi connectivity index (χ0v) is 31.0. The van der Waals surface area contributed by atoms with Crippen LogP contribution in [0.3, 0.4) is 0 Å². The van der Waals surface area contributed by atoms with E-state index in [9.17, 15) is 36.4 Å². The fraction of sp³-hybridized carbons (Fsp3) is 0.0606. The molecule has 258 valence electrons. The number of carbonyl (C=O) groups is 1. The van der Waals surface area contributed by atoms with Crippen molar-refractivity contribution in [3.8, 4) is 22.9 Å². The topological polar surface area (TPSA) is 241 Å². The molecule has 7 rings (SSSR count). The second-order valence-corrected chi connectivity index (χ2v) is 13.2. The molecule has 1 atom stereocenters. The predicted molar refractivity (Wildman–Crippen MR) is 185 cm³/mol. The molecule has 0 fully saturated rings. The number of aryl methyl sites for hydroxylation is 2. The summed E-state index contributed by atoms with van der Waals surface area (Å²) in [5.41, 5.74) is 2.80. The second kappa shape index (κ2) is 14.1. The SMILES string of the molecule is Cc1ccc(OS(=O)[O-])c(Nc2nc(O)nc(Nc3ccc(S(=O)(=O)[O-])c(Nc4ccc5c6c(cc(=O)n5C)-c5ccccc5C(=O)c46)c3)n2)c1.[Na+]. The van der Waals surface area contributed by atoms with Crippen molar-refractivity contribution in [1.29, 1.82) is 0 Å². The van der Waals surface area contributed by atoms with Crippen LogP contribution >= 0.6 is 0 Å². The van der Waals surface area contributed by atoms with Gasteiger partial charge in [0, 0.05) is 29.8 Å². The zero-order chi connectivity index (χ0) is 36.2. The molecule has 1 aliphatic carbocycles. The monoisotopic (exact) mass is 748 g/mol. The first-order valence-corrected chi connectivity index (χ1v) is 17.2. The van der Waals surface area contributed by atoms with Crippen LogP contribution in [-0.4, -0.2) is 52.1 Å². The Morgan fingerprint density at radius 2 is 1.54 bits per heavy atom. The first-order chi connectivity index (χ1) is 24.3. The second-order valence-electron chi connectivity index (χ2n) is 11.3. The summed E-state index contributed by atoms with van der Waals surface area (Å²) in [5, 5.41) is 19.3. The number of hydrogen-bond acceptors (Lipinski definition) is 15. The number of ketones is 1. The van der Waals surface area contributed by atoms with Crippen molar-refractivity contribution < 1.29 is 65.4 Å². The molecule has 6 aromatic rings. The number of pyridine rings is 1. The van der Waals surface area contributed by atoms with Crippen LogP contribution in [0.4, 0.5) is 34.6 Å². The summed E-state index contributed by atoms with van der Waals surface area (Å²) >= 11 is -2.88. The normalized spacial score (nSPS) is 12.4. The Hall–Kier alpha value is -5.21. The van der Waals surface area contributed by atoms with Gasteiger partial charge in [0.25, 0.3) is 5.56 Å². The molecule has 4 aromatic carbocycles. The summed E-state index contributed by atoms with van der Waals surface area (Å²) in [6.07, 6.45) is 0. The fourth-order valence-corrected chi connectivity index (χ4v) is 6.75. The predicted octanol–water partition coefficient (Wildman–Crippen LogP) is 1.26. The van der Waals surface area contributed by atoms with Gasteiger partial charge in [-0.3, -0.25) is 9.59 Å². The maximum Gasteiger partial charge on any atom is 1.00 e. The molecular weight excluding hydrogens is 726 g/mol. The summed E-state index contributed by atoms with van der Waals surface area (Å²) in [6.45, 7) is 1.75. The van der Waals surface area contributed by atoms with Crippen LogP contribution in [0, 0.1) is 6.92 Å². The van der Waals surface area contributed by atoms with E-state index < -0.39 is 32.4 Å². The molecule has 1 aliphatic rings. The fourth-order valence-electron chi connectivity index (χ4n) is 5.84. The summed E-state index contributed by atoms with van der Waals surface area (Å²) in [7, 11) is -3.48. The largest absolute Gasteiger partial charge is 1.00 e. The van der Waals surface area contributed by atoms with Crippen LogP contribution in [0.1, 0.15) is 21.5 Å². The Balaban J connectivity index is 0.00000464. The Labute approximate surface area is 319 Å². The van der Waals surface area contributed by atoms with E-state index in [-0.39, 0.29) is 86.9 Å². The van der Waals surface area contributed by atoms with Gasteiger partial charge in [0.05, 0.1) is 33.0 Å². The Morgan fingerprint density at radius 3 is 2.25 bits per heavy atom. The molecule has 19 heteroatoms. The average Bonchev–Trinajstić information content (AvgIpc) is 3.06. The Morgan fingerprint density at radius 1 is 0.827 bits per heavy atom. The van der Waals surface area contributed by atoms with E-state index in [0.29, 0.717) is 27.6 Å². The molecule has 0 bridgehead atoms. The van der Waals surface area contributed by atoms with Crippen LogP contribution in [0.2, 0.25) is 0 Å². The first-order valence-electron chi connectivity index (χ1n) is 14.8. The van der Waals surface area contributed by atoms with Gasteiger partial charge in [-0.15, -0.1) is 0 Å². The summed E-state index contributed by atoms with van der Waals surface area (Å²) < 4.78 is 65.7. The minimum absolute atomic E-state index is 0. The number of hydrogen-bond donors (Lipinski definition) is 4. The van der Waals surface area contributed by atoms with Crippen LogP contribution < -0.4 is 55.3 Å². The smallest absolute Gasteiger partial charge is 0.744 e. The molecular formula is C33H23N7NaO9S2-. The van der Waals surface area contributed by atoms with Crippen LogP contribution in [0.25, 0.3) is 22.0 Å². The van der Waals surface area contributed by atoms with E-state index in [4.69, 9.17) is 4.18 Å². The Kier molecular flexibility index (Phi) is 9.90. The molecule has 0 spiro atoms. The third-order valence-electron chi connectivity index (χ3n) is 8.04. The maximum absolute atomic E-state index is 14.0. The van der Waals surface area contributed by atoms with E-state index in [1.807, 2.05) is 0 Å². The number of fused-ring (bicyclic) bond motifs is 2. The van der Waals surface area contributed by atoms with E-state index in [2.05, 4.69) is 30.9 Å². The van der Waals surface area contributed by atoms with Gasteiger partial charge in [-0.2, -0.15) is 15.0 Å². The van der Waals surface area contributed by atoms with Crippen molar-refractivity contribution in [2.24, 2.45) is 7.05 Å². The number of anilines is 6. The minimum atomic E-state index is -5.06. The summed E-state index contributed by atoms with van der Waals surface area (Å²) in [4.78, 5) is 38.1. The molecule has 0 aliphatic heterocycles. The van der Waals surface area contributed by atoms with Crippen molar-refractivity contribution in [3.05, 3.63) is 106 Å². The summed E-state index contributed by atoms with van der Waals surface area (Å²) in [6, 6.07) is 18.8. The van der Waals surface area contributed by atoms with Crippen LogP contribution in [-0.2, 0) is 28.5 Å². The number of rotatable bonds is 9. The first kappa shape index (κ1) is 36.6. The van der Waals surface area contributed by atoms with Crippen molar-refractivity contribution in [1.82, 2.24) is 19.5 Å². The average molecular weight is 749 g/mol. The molecule has 16 nitrogen and oxygen atoms in total. The molecule has 0 saturated carbocycles. The van der Waals surface area contributed by atoms with Gasteiger partial charge < -0.3 is 38.9 Å². The third kappa shape index (κ3) is 7.00. The molecule has 52 heavy (non-hydrogen) atoms. The standard InChI is InChI=1S/C33H25N7O9S2.Na/c1-16-7-11-25(49-50(44)45)22(13-16)36-32-37-31(38-33(43)39-32)34-17-8-12-26(51(46,47)48)23(14-17)35-21-9-10-24-28-20(15-27(41)40(24)2)18-5-3-4-6-19(18)30(42)29(21)28;/h3-15,35H,1-2H3,(H,44,45)(H,46,47,48)(H3,34,36,37,38,39,43);/q;+1/p-2. The van der Waals surface area contributed by atoms with Crippen molar-refractivity contribution in [3.63, 3.8) is 0 Å². The van der Waals surface area contributed by atoms with Crippen LogP contribution in [0.15, 0.2) is 88.6 Å². The van der Waals surface area contributed by atoms with Gasteiger partial charge in [0.1, 0.15) is 21.5 Å². The van der Waals surface area contributed by atoms with Gasteiger partial charge in [-0.25, -0.2) is 12.6 Å². The van der Waals surface area contributed by atoms with E-state index in [0.717, 1.165) is 11.6 Å². The third-order valence-corrected chi connectivity index (χ3v) is 9.25. The van der Waals surface area contributed by atoms with Crippen molar-refractivity contribution in [2.45, 2.75) is 11.8 Å². The Bertz CT molecular complexity index is 2650. The van der Waals surface area contributed by atoms with Gasteiger partial charge in [0.2, 0.25) is 11.9 Å². The van der Waals surface area contributed by atoms with Gasteiger partial charge >= 0.3 is 35.6 Å². The molecule has 0 saturated heterocycles. The number of aromatic hydroxyl groups is 1. The van der Waals surface area contributed by atoms with Crippen molar-refractivity contribution >= 4 is 72.8 Å². The molecule has 2 heterocycles. The van der Waals surface area contributed by atoms with Crippen molar-refractivity contribution in [2.75, 3.05) is 16.0 Å². The number of aromatic nitrogens is 4. The molecule has 1 unspecified atom stereocenters. The molecule has 4 N–H and O–H groups in total. The van der Waals surface area contributed by atoms with E-state index in [1.54, 1.807) is 56.4 Å². The number of benzene rings is 4. The minimum Gasteiger partial charge on any atom is -0.744 e. The van der Waals surface area contributed by atoms with E-state index in [1.165, 1.54) is 34.9 Å². The number of nitrogens with one attached hydrogen (secondary N) is 3. The zero-order valence-electron chi connectivity index (χ0n) is 27.3. The quantitative estimate of drug-likeness (QED) is 0.0923. The van der Waals surface area contributed by atoms with Gasteiger partial charge in [-0.05, 0) is 66.1 Å². The molecule has 0 amide bonds. The van der Waals surface area contributed by atoms with E-state index >= 15 is 0 Å². The van der Waals surface area contributed by atoms with Gasteiger partial charge in [0.15, 0.2) is 11.5 Å². The summed E-state index contributed by atoms with van der Waals surface area (Å²) in [5.74, 6) is -0.893. The number of nitrogens with zero attached hydrogens (tertiary/aromatic N) is 4. The number of carbonyl (C=O) groups excluding carboxylic acids is 1. The van der Waals surface area contributed by atoms with Crippen LogP contribution in [0.5, 0.6) is 11.8 Å². The molecule has 0 radical (unpaired) electrons.